The van der Waals surface area contributed by atoms with Crippen LogP contribution in [0, 0.1) is 0 Å². The van der Waals surface area contributed by atoms with Gasteiger partial charge in [-0.25, -0.2) is 8.51 Å². The number of halogens is 2. The van der Waals surface area contributed by atoms with Gasteiger partial charge in [0.1, 0.15) is 11.0 Å². The Hall–Kier alpha value is -1.44. The van der Waals surface area contributed by atoms with Gasteiger partial charge in [0.25, 0.3) is 0 Å². The van der Waals surface area contributed by atoms with Crippen LogP contribution in [-0.4, -0.2) is 42.1 Å². The molecule has 1 fully saturated rings. The Morgan fingerprint density at radius 1 is 1.20 bits per heavy atom. The summed E-state index contributed by atoms with van der Waals surface area (Å²) in [4.78, 5) is 11.6. The predicted molar refractivity (Wildman–Crippen MR) is 120 cm³/mol. The van der Waals surface area contributed by atoms with Crippen molar-refractivity contribution >= 4 is 40.2 Å². The van der Waals surface area contributed by atoms with Gasteiger partial charge in [0, 0.05) is 22.0 Å². The van der Waals surface area contributed by atoms with Crippen molar-refractivity contribution in [3.05, 3.63) is 69.7 Å². The molecule has 0 amide bonds. The summed E-state index contributed by atoms with van der Waals surface area (Å²) in [6.07, 6.45) is 0.160. The summed E-state index contributed by atoms with van der Waals surface area (Å²) in [5.41, 5.74) is 1.83. The Kier molecular flexibility index (Phi) is 7.25. The first-order valence-corrected chi connectivity index (χ1v) is 11.6. The van der Waals surface area contributed by atoms with Crippen molar-refractivity contribution in [2.24, 2.45) is 0 Å². The fourth-order valence-electron chi connectivity index (χ4n) is 4.23. The Bertz CT molecular complexity index is 939. The number of carboxylic acids is 1. The van der Waals surface area contributed by atoms with Crippen molar-refractivity contribution < 1.29 is 19.2 Å². The van der Waals surface area contributed by atoms with Crippen LogP contribution in [0.4, 0.5) is 0 Å². The summed E-state index contributed by atoms with van der Waals surface area (Å²) >= 11 is 12.3. The summed E-state index contributed by atoms with van der Waals surface area (Å²) in [6.45, 7) is 3.33. The Morgan fingerprint density at radius 3 is 2.43 bits per heavy atom. The molecule has 0 spiro atoms. The van der Waals surface area contributed by atoms with Crippen molar-refractivity contribution in [2.45, 2.75) is 49.4 Å². The molecule has 30 heavy (non-hydrogen) atoms. The van der Waals surface area contributed by atoms with E-state index >= 15 is 0 Å². The van der Waals surface area contributed by atoms with E-state index in [-0.39, 0.29) is 25.0 Å². The van der Waals surface area contributed by atoms with E-state index in [4.69, 9.17) is 23.2 Å². The molecule has 1 aliphatic rings. The molecule has 3 rings (SSSR count). The molecule has 1 saturated heterocycles. The normalized spacial score (nSPS) is 28.2. The Balaban J connectivity index is 2.20. The second-order valence-corrected chi connectivity index (χ2v) is 10.8. The van der Waals surface area contributed by atoms with Crippen LogP contribution < -0.4 is 0 Å². The third-order valence-electron chi connectivity index (χ3n) is 5.63. The van der Waals surface area contributed by atoms with Gasteiger partial charge in [-0.2, -0.15) is 0 Å². The minimum atomic E-state index is -1.64. The van der Waals surface area contributed by atoms with E-state index in [1.54, 1.807) is 36.4 Å². The lowest BCUT2D eigenvalue weighted by Crippen LogP contribution is -2.55. The molecule has 1 aliphatic heterocycles. The molecule has 162 valence electrons. The van der Waals surface area contributed by atoms with E-state index in [9.17, 15) is 19.2 Å². The fourth-order valence-corrected chi connectivity index (χ4v) is 6.50. The van der Waals surface area contributed by atoms with E-state index in [0.717, 1.165) is 11.1 Å². The van der Waals surface area contributed by atoms with Gasteiger partial charge in [-0.15, -0.1) is 0 Å². The lowest BCUT2D eigenvalue weighted by Gasteiger charge is -2.50. The quantitative estimate of drug-likeness (QED) is 0.636. The summed E-state index contributed by atoms with van der Waals surface area (Å²) in [5.74, 6) is -1.18. The largest absolute Gasteiger partial charge is 0.481 e. The molecule has 0 aliphatic carbocycles. The third-order valence-corrected chi connectivity index (χ3v) is 8.24. The van der Waals surface area contributed by atoms with Crippen LogP contribution in [0.2, 0.25) is 10.0 Å². The van der Waals surface area contributed by atoms with Gasteiger partial charge in [-0.3, -0.25) is 4.79 Å². The average molecular weight is 470 g/mol. The number of rotatable bonds is 6. The van der Waals surface area contributed by atoms with Gasteiger partial charge in [-0.1, -0.05) is 47.5 Å². The highest BCUT2D eigenvalue weighted by atomic mass is 35.5. The van der Waals surface area contributed by atoms with E-state index in [0.29, 0.717) is 16.5 Å². The van der Waals surface area contributed by atoms with Crippen LogP contribution in [0.3, 0.4) is 0 Å². The number of aliphatic carboxylic acids is 1. The summed E-state index contributed by atoms with van der Waals surface area (Å²) in [5, 5.41) is 20.6. The molecule has 2 N–H and O–H groups in total. The molecular formula is C22H25Cl2NO4S. The minimum absolute atomic E-state index is 0.180. The SMILES string of the molecule is CC(CO)N1[C@H](c2ccc(Cl)cc2)[C@@H](c2cccc(Cl)c2)C[C@@](C)(CC(=O)O)S1=O. The first-order chi connectivity index (χ1) is 14.2. The summed E-state index contributed by atoms with van der Waals surface area (Å²) in [6, 6.07) is 14.0. The van der Waals surface area contributed by atoms with Crippen LogP contribution in [0.1, 0.15) is 49.8 Å². The van der Waals surface area contributed by atoms with Crippen LogP contribution in [0.15, 0.2) is 48.5 Å². The van der Waals surface area contributed by atoms with E-state index in [1.807, 2.05) is 30.3 Å². The number of hydrogen-bond acceptors (Lipinski definition) is 3. The van der Waals surface area contributed by atoms with Crippen molar-refractivity contribution in [3.63, 3.8) is 0 Å². The molecule has 1 heterocycles. The first-order valence-electron chi connectivity index (χ1n) is 9.70. The van der Waals surface area contributed by atoms with Crippen LogP contribution in [-0.2, 0) is 15.8 Å². The number of carbonyl (C=O) groups is 1. The molecule has 2 unspecified atom stereocenters. The number of benzene rings is 2. The zero-order chi connectivity index (χ0) is 22.1. The predicted octanol–water partition coefficient (Wildman–Crippen LogP) is 4.80. The van der Waals surface area contributed by atoms with Gasteiger partial charge in [0.15, 0.2) is 0 Å². The van der Waals surface area contributed by atoms with Crippen molar-refractivity contribution in [2.75, 3.05) is 6.61 Å². The molecule has 0 radical (unpaired) electrons. The van der Waals surface area contributed by atoms with Crippen molar-refractivity contribution in [1.29, 1.82) is 0 Å². The number of hydrogen-bond donors (Lipinski definition) is 2. The number of nitrogens with zero attached hydrogens (tertiary/aromatic N) is 1. The maximum absolute atomic E-state index is 13.7. The molecule has 5 atom stereocenters. The molecule has 0 bridgehead atoms. The molecule has 0 aromatic heterocycles. The average Bonchev–Trinajstić information content (AvgIpc) is 2.69. The molecule has 2 aromatic carbocycles. The van der Waals surface area contributed by atoms with Gasteiger partial charge in [0.05, 0.1) is 23.8 Å². The van der Waals surface area contributed by atoms with Crippen molar-refractivity contribution in [1.82, 2.24) is 4.31 Å². The standard InChI is InChI=1S/C22H25Cl2NO4S/c1-14(13-26)25-21(15-6-8-17(23)9-7-15)19(16-4-3-5-18(24)10-16)11-22(2,30(25)29)12-20(27)28/h3-10,14,19,21,26H,11-13H2,1-2H3,(H,27,28)/t14?,19-,21-,22+,30?/m1/s1. The second-order valence-electron chi connectivity index (χ2n) is 8.02. The van der Waals surface area contributed by atoms with Crippen LogP contribution in [0.5, 0.6) is 0 Å². The lowest BCUT2D eigenvalue weighted by atomic mass is 9.79. The summed E-state index contributed by atoms with van der Waals surface area (Å²) in [7, 11) is -1.64. The first kappa shape index (κ1) is 23.2. The second kappa shape index (κ2) is 9.37. The maximum Gasteiger partial charge on any atom is 0.304 e. The van der Waals surface area contributed by atoms with Gasteiger partial charge in [-0.05, 0) is 55.7 Å². The van der Waals surface area contributed by atoms with Crippen LogP contribution >= 0.6 is 23.2 Å². The Morgan fingerprint density at radius 2 is 1.87 bits per heavy atom. The topological polar surface area (TPSA) is 77.8 Å². The van der Waals surface area contributed by atoms with E-state index < -0.39 is 27.7 Å². The van der Waals surface area contributed by atoms with E-state index in [2.05, 4.69) is 0 Å². The molecule has 2 aromatic rings. The van der Waals surface area contributed by atoms with Gasteiger partial charge in [0.2, 0.25) is 0 Å². The third kappa shape index (κ3) is 4.73. The van der Waals surface area contributed by atoms with Crippen molar-refractivity contribution in [3.8, 4) is 0 Å². The van der Waals surface area contributed by atoms with Gasteiger partial charge < -0.3 is 10.2 Å². The molecule has 5 nitrogen and oxygen atoms in total. The van der Waals surface area contributed by atoms with E-state index in [1.165, 1.54) is 0 Å². The number of aliphatic hydroxyl groups excluding tert-OH is 1. The highest BCUT2D eigenvalue weighted by molar-refractivity contribution is 7.84. The smallest absolute Gasteiger partial charge is 0.304 e. The highest BCUT2D eigenvalue weighted by Gasteiger charge is 2.51. The highest BCUT2D eigenvalue weighted by Crippen LogP contribution is 2.51. The number of aliphatic hydroxyl groups is 1. The lowest BCUT2D eigenvalue weighted by molar-refractivity contribution is -0.137. The molecule has 8 heteroatoms. The fraction of sp³-hybridized carbons (Fsp3) is 0.409. The monoisotopic (exact) mass is 469 g/mol. The molecule has 0 saturated carbocycles. The molecular weight excluding hydrogens is 445 g/mol. The minimum Gasteiger partial charge on any atom is -0.481 e. The maximum atomic E-state index is 13.7. The Labute approximate surface area is 189 Å². The zero-order valence-corrected chi connectivity index (χ0v) is 19.1. The summed E-state index contributed by atoms with van der Waals surface area (Å²) < 4.78 is 14.4. The van der Waals surface area contributed by atoms with Crippen LogP contribution in [0.25, 0.3) is 0 Å². The number of carboxylic acid groups (broad SMARTS) is 1. The zero-order valence-electron chi connectivity index (χ0n) is 16.8. The van der Waals surface area contributed by atoms with Gasteiger partial charge >= 0.3 is 5.97 Å².